The lowest BCUT2D eigenvalue weighted by Crippen LogP contribution is -2.34. The number of hydrogen-bond acceptors (Lipinski definition) is 5. The molecule has 2 heterocycles. The van der Waals surface area contributed by atoms with E-state index in [9.17, 15) is 4.79 Å². The van der Waals surface area contributed by atoms with Gasteiger partial charge in [0.25, 0.3) is 0 Å². The molecule has 5 nitrogen and oxygen atoms in total. The van der Waals surface area contributed by atoms with Crippen LogP contribution in [0.3, 0.4) is 0 Å². The summed E-state index contributed by atoms with van der Waals surface area (Å²) >= 11 is 1.77. The summed E-state index contributed by atoms with van der Waals surface area (Å²) in [7, 11) is 0. The van der Waals surface area contributed by atoms with Gasteiger partial charge in [-0.3, -0.25) is 4.79 Å². The van der Waals surface area contributed by atoms with Crippen LogP contribution in [0.5, 0.6) is 0 Å². The Hall–Kier alpha value is -1.82. The Kier molecular flexibility index (Phi) is 4.08. The first-order valence-corrected chi connectivity index (χ1v) is 9.14. The lowest BCUT2D eigenvalue weighted by molar-refractivity contribution is -0.125. The van der Waals surface area contributed by atoms with Gasteiger partial charge in [-0.25, -0.2) is 15.0 Å². The number of amides is 1. The predicted molar refractivity (Wildman–Crippen MR) is 88.1 cm³/mol. The number of nitrogens with one attached hydrogen (secondary N) is 1. The molecule has 1 atom stereocenters. The zero-order valence-electron chi connectivity index (χ0n) is 13.0. The zero-order chi connectivity index (χ0) is 15.6. The Morgan fingerprint density at radius 2 is 2.17 bits per heavy atom. The molecule has 0 spiro atoms. The number of aryl methyl sites for hydroxylation is 3. The summed E-state index contributed by atoms with van der Waals surface area (Å²) in [5.74, 6) is 0.163. The van der Waals surface area contributed by atoms with Gasteiger partial charge in [-0.05, 0) is 50.5 Å². The molecule has 0 fully saturated rings. The van der Waals surface area contributed by atoms with E-state index in [0.29, 0.717) is 6.54 Å². The number of rotatable bonds is 3. The first-order valence-electron chi connectivity index (χ1n) is 8.32. The number of aromatic nitrogens is 3. The lowest BCUT2D eigenvalue weighted by Gasteiger charge is -2.22. The van der Waals surface area contributed by atoms with Crippen molar-refractivity contribution in [3.8, 4) is 0 Å². The molecular formula is C17H20N4OS. The quantitative estimate of drug-likeness (QED) is 0.938. The van der Waals surface area contributed by atoms with Gasteiger partial charge in [-0.15, -0.1) is 11.3 Å². The molecule has 4 rings (SSSR count). The molecule has 0 saturated carbocycles. The number of hydrogen-bond donors (Lipinski definition) is 1. The van der Waals surface area contributed by atoms with Crippen molar-refractivity contribution in [3.63, 3.8) is 0 Å². The molecule has 2 aliphatic carbocycles. The standard InChI is InChI=1S/C17H20N4OS/c22-17(11-5-6-13-12(7-11)8-18-10-20-13)19-9-16-21-14-3-1-2-4-15(14)23-16/h8,10-11H,1-7,9H2,(H,19,22). The topological polar surface area (TPSA) is 67.8 Å². The maximum atomic E-state index is 12.4. The number of carbonyl (C=O) groups is 1. The summed E-state index contributed by atoms with van der Waals surface area (Å²) in [5, 5.41) is 4.12. The molecule has 0 bridgehead atoms. The van der Waals surface area contributed by atoms with Gasteiger partial charge in [0.15, 0.2) is 0 Å². The average molecular weight is 328 g/mol. The van der Waals surface area contributed by atoms with Crippen LogP contribution in [-0.2, 0) is 37.0 Å². The first-order chi connectivity index (χ1) is 11.3. The van der Waals surface area contributed by atoms with E-state index >= 15 is 0 Å². The molecule has 6 heteroatoms. The highest BCUT2D eigenvalue weighted by molar-refractivity contribution is 7.11. The molecule has 120 valence electrons. The Labute approximate surface area is 139 Å². The van der Waals surface area contributed by atoms with Crippen molar-refractivity contribution < 1.29 is 4.79 Å². The SMILES string of the molecule is O=C(NCc1nc2c(s1)CCCC2)C1CCc2ncncc2C1. The van der Waals surface area contributed by atoms with Gasteiger partial charge in [0.2, 0.25) is 5.91 Å². The van der Waals surface area contributed by atoms with Gasteiger partial charge in [0, 0.05) is 22.7 Å². The van der Waals surface area contributed by atoms with Gasteiger partial charge in [0.1, 0.15) is 11.3 Å². The minimum atomic E-state index is 0.0306. The summed E-state index contributed by atoms with van der Waals surface area (Å²) in [6.07, 6.45) is 10.7. The molecule has 2 aromatic heterocycles. The van der Waals surface area contributed by atoms with E-state index in [4.69, 9.17) is 0 Å². The Morgan fingerprint density at radius 1 is 1.26 bits per heavy atom. The minimum absolute atomic E-state index is 0.0306. The third-order valence-electron chi connectivity index (χ3n) is 4.75. The summed E-state index contributed by atoms with van der Waals surface area (Å²) in [6, 6.07) is 0. The van der Waals surface area contributed by atoms with Crippen LogP contribution in [0.4, 0.5) is 0 Å². The van der Waals surface area contributed by atoms with Crippen LogP contribution in [0.2, 0.25) is 0 Å². The van der Waals surface area contributed by atoms with Crippen LogP contribution in [-0.4, -0.2) is 20.9 Å². The van der Waals surface area contributed by atoms with Crippen molar-refractivity contribution in [1.29, 1.82) is 0 Å². The van der Waals surface area contributed by atoms with E-state index in [-0.39, 0.29) is 11.8 Å². The Bertz CT molecular complexity index is 704. The van der Waals surface area contributed by atoms with E-state index in [1.807, 2.05) is 6.20 Å². The van der Waals surface area contributed by atoms with Crippen LogP contribution in [0.1, 0.15) is 46.1 Å². The summed E-state index contributed by atoms with van der Waals surface area (Å²) < 4.78 is 0. The fourth-order valence-corrected chi connectivity index (χ4v) is 4.57. The van der Waals surface area contributed by atoms with Crippen LogP contribution in [0.25, 0.3) is 0 Å². The monoisotopic (exact) mass is 328 g/mol. The molecule has 0 radical (unpaired) electrons. The fraction of sp³-hybridized carbons (Fsp3) is 0.529. The second-order valence-electron chi connectivity index (χ2n) is 6.34. The molecule has 2 aromatic rings. The predicted octanol–water partition coefficient (Wildman–Crippen LogP) is 2.23. The molecule has 1 unspecified atom stereocenters. The lowest BCUT2D eigenvalue weighted by atomic mass is 9.87. The van der Waals surface area contributed by atoms with E-state index < -0.39 is 0 Å². The Morgan fingerprint density at radius 3 is 3.09 bits per heavy atom. The van der Waals surface area contributed by atoms with Crippen molar-refractivity contribution >= 4 is 17.2 Å². The second kappa shape index (κ2) is 6.35. The minimum Gasteiger partial charge on any atom is -0.349 e. The van der Waals surface area contributed by atoms with Gasteiger partial charge in [-0.1, -0.05) is 0 Å². The third kappa shape index (κ3) is 3.13. The van der Waals surface area contributed by atoms with Crippen molar-refractivity contribution in [2.75, 3.05) is 0 Å². The average Bonchev–Trinajstić information content (AvgIpc) is 3.02. The second-order valence-corrected chi connectivity index (χ2v) is 7.50. The molecular weight excluding hydrogens is 308 g/mol. The Balaban J connectivity index is 1.36. The van der Waals surface area contributed by atoms with Crippen molar-refractivity contribution in [2.24, 2.45) is 5.92 Å². The highest BCUT2D eigenvalue weighted by Gasteiger charge is 2.25. The fourth-order valence-electron chi connectivity index (χ4n) is 3.47. The van der Waals surface area contributed by atoms with E-state index in [1.54, 1.807) is 17.7 Å². The number of nitrogens with zero attached hydrogens (tertiary/aromatic N) is 3. The van der Waals surface area contributed by atoms with Gasteiger partial charge >= 0.3 is 0 Å². The van der Waals surface area contributed by atoms with Crippen LogP contribution >= 0.6 is 11.3 Å². The number of fused-ring (bicyclic) bond motifs is 2. The van der Waals surface area contributed by atoms with Crippen LogP contribution < -0.4 is 5.32 Å². The smallest absolute Gasteiger partial charge is 0.223 e. The van der Waals surface area contributed by atoms with Crippen molar-refractivity contribution in [1.82, 2.24) is 20.3 Å². The zero-order valence-corrected chi connectivity index (χ0v) is 13.9. The first kappa shape index (κ1) is 14.8. The van der Waals surface area contributed by atoms with Crippen molar-refractivity contribution in [3.05, 3.63) is 39.4 Å². The molecule has 1 amide bonds. The van der Waals surface area contributed by atoms with E-state index in [0.717, 1.165) is 48.4 Å². The number of carbonyl (C=O) groups excluding carboxylic acids is 1. The molecule has 0 aromatic carbocycles. The highest BCUT2D eigenvalue weighted by Crippen LogP contribution is 2.27. The summed E-state index contributed by atoms with van der Waals surface area (Å²) in [6.45, 7) is 0.561. The summed E-state index contributed by atoms with van der Waals surface area (Å²) in [4.78, 5) is 26.9. The maximum absolute atomic E-state index is 12.4. The van der Waals surface area contributed by atoms with Gasteiger partial charge in [-0.2, -0.15) is 0 Å². The maximum Gasteiger partial charge on any atom is 0.223 e. The molecule has 0 saturated heterocycles. The van der Waals surface area contributed by atoms with E-state index in [1.165, 1.54) is 23.4 Å². The van der Waals surface area contributed by atoms with Gasteiger partial charge < -0.3 is 5.32 Å². The summed E-state index contributed by atoms with van der Waals surface area (Å²) in [5.41, 5.74) is 3.47. The van der Waals surface area contributed by atoms with E-state index in [2.05, 4.69) is 20.3 Å². The molecule has 1 N–H and O–H groups in total. The highest BCUT2D eigenvalue weighted by atomic mass is 32.1. The number of thiazole rings is 1. The van der Waals surface area contributed by atoms with Crippen LogP contribution in [0, 0.1) is 5.92 Å². The van der Waals surface area contributed by atoms with Crippen LogP contribution in [0.15, 0.2) is 12.5 Å². The third-order valence-corrected chi connectivity index (χ3v) is 5.91. The van der Waals surface area contributed by atoms with Crippen molar-refractivity contribution in [2.45, 2.75) is 51.5 Å². The molecule has 0 aliphatic heterocycles. The molecule has 2 aliphatic rings. The molecule has 23 heavy (non-hydrogen) atoms. The van der Waals surface area contributed by atoms with Gasteiger partial charge in [0.05, 0.1) is 12.2 Å². The normalized spacial score (nSPS) is 19.7. The largest absolute Gasteiger partial charge is 0.349 e.